The average molecular weight is 1560 g/mol. The number of hydrogen-bond donors (Lipinski definition) is 22. The molecule has 0 saturated carbocycles. The van der Waals surface area contributed by atoms with Gasteiger partial charge in [0.1, 0.15) is 66.5 Å². The monoisotopic (exact) mass is 1560 g/mol. The molecule has 1 aromatic carbocycles. The number of rotatable bonds is 55. The van der Waals surface area contributed by atoms with E-state index in [2.05, 4.69) is 73.8 Å². The molecule has 0 unspecified atom stereocenters. The summed E-state index contributed by atoms with van der Waals surface area (Å²) in [6, 6.07) is -9.26. The normalized spacial score (nSPS) is 15.0. The topological polar surface area (TPSA) is 674 Å². The number of amides is 14. The molecule has 0 heterocycles. The van der Waals surface area contributed by atoms with Gasteiger partial charge in [0.05, 0.1) is 25.6 Å². The molecule has 110 heavy (non-hydrogen) atoms. The number of nitrogens with zero attached hydrogens (tertiary/aromatic N) is 2. The summed E-state index contributed by atoms with van der Waals surface area (Å²) in [6.07, 6.45) is -0.318. The molecule has 0 saturated heterocycles. The number of nitrogens with two attached hydrogens (primary N) is 8. The fraction of sp³-hybridized carbons (Fsp3) is 0.676. The van der Waals surface area contributed by atoms with Gasteiger partial charge in [0.25, 0.3) is 0 Å². The van der Waals surface area contributed by atoms with E-state index in [1.54, 1.807) is 92.6 Å². The SMILES string of the molecule is CC[C@@H](C)[C@H](NC(=O)[C@H](N)CCCN=C(N)N)C(=O)N[C@@H](CCCCN)C(=O)N[C@H](C(=O)NCC(=O)N[C@@H](CC(C)C)C(=O)N[C@@H](Cc1ccccc1)C(=O)N[C@@H](CC(=O)O)C(=O)N[C@@H](CCC(N)=O)C(=O)N[C@@H](CC(C)C)C(=O)N[C@@H](CO)C(=O)N[C@@H](CCCN=C(N)N)C(=O)N[C@@H](CC(C)C)C(N)=O)[C@@H](C)CC. The quantitative estimate of drug-likeness (QED) is 0.0165. The first kappa shape index (κ1) is 97.7. The third-order valence-corrected chi connectivity index (χ3v) is 17.6. The number of aliphatic hydroxyl groups excluding tert-OH is 1. The van der Waals surface area contributed by atoms with Crippen LogP contribution in [-0.2, 0) is 78.3 Å². The largest absolute Gasteiger partial charge is 0.481 e. The van der Waals surface area contributed by atoms with E-state index in [0.717, 1.165) is 0 Å². The highest BCUT2D eigenvalue weighted by atomic mass is 16.4. The molecule has 0 aliphatic carbocycles. The second-order valence-electron chi connectivity index (χ2n) is 28.6. The number of guanidine groups is 2. The number of carboxylic acids is 1. The van der Waals surface area contributed by atoms with Crippen molar-refractivity contribution >= 4 is 101 Å². The number of hydrogen-bond acceptors (Lipinski definition) is 20. The molecule has 39 nitrogen and oxygen atoms in total. The Balaban J connectivity index is 3.60. The summed E-state index contributed by atoms with van der Waals surface area (Å²) >= 11 is 0. The molecule has 0 radical (unpaired) electrons. The van der Waals surface area contributed by atoms with Crippen LogP contribution in [0.5, 0.6) is 0 Å². The second-order valence-corrected chi connectivity index (χ2v) is 28.6. The Morgan fingerprint density at radius 1 is 0.427 bits per heavy atom. The number of carboxylic acid groups (broad SMARTS) is 1. The third-order valence-electron chi connectivity index (χ3n) is 17.6. The standard InChI is InChI=1S/C71H124N22O17/c1-11-40(9)56(93-62(103)44(23-16-17-27-72)86-69(110)57(41(10)12-2)92-59(100)43(73)22-18-28-80-70(76)77)68(109)82-35-54(96)83-48(31-38(5)6)63(104)89-50(33-42-20-14-13-15-21-42)65(106)90-51(34-55(97)98)66(107)85-46(25-26-53(74)95)61(102)88-49(32-39(7)8)64(105)91-52(36-94)67(108)84-45(24-19-29-81-71(78)79)60(101)87-47(58(75)99)30-37(3)4/h13-15,20-21,37-41,43-52,56-57,94H,11-12,16-19,22-36,72-73H2,1-10H3,(H2,74,95)(H2,75,99)(H,82,109)(H,83,96)(H,84,108)(H,85,107)(H,86,110)(H,87,101)(H,88,102)(H,89,104)(H,90,106)(H,91,105)(H,92,100)(H,93,103)(H,97,98)(H4,76,77,80)(H4,78,79,81)/t40-,41+,43+,44-,45-,46-,47-,48-,49-,50-,51-,52-,56-,57-/m0/s1. The fourth-order valence-electron chi connectivity index (χ4n) is 11.1. The van der Waals surface area contributed by atoms with Gasteiger partial charge in [-0.3, -0.25) is 81.9 Å². The lowest BCUT2D eigenvalue weighted by Crippen LogP contribution is -2.61. The van der Waals surface area contributed by atoms with Gasteiger partial charge in [-0.2, -0.15) is 0 Å². The molecule has 0 aliphatic rings. The van der Waals surface area contributed by atoms with E-state index >= 15 is 0 Å². The van der Waals surface area contributed by atoms with Gasteiger partial charge in [-0.25, -0.2) is 0 Å². The van der Waals surface area contributed by atoms with Gasteiger partial charge >= 0.3 is 5.97 Å². The van der Waals surface area contributed by atoms with E-state index in [-0.39, 0.29) is 101 Å². The van der Waals surface area contributed by atoms with E-state index in [9.17, 15) is 82.1 Å². The molecule has 620 valence electrons. The molecule has 39 heteroatoms. The van der Waals surface area contributed by atoms with Crippen LogP contribution in [0.15, 0.2) is 40.3 Å². The van der Waals surface area contributed by atoms with Gasteiger partial charge in [0.2, 0.25) is 82.7 Å². The van der Waals surface area contributed by atoms with Crippen LogP contribution in [0.1, 0.15) is 171 Å². The smallest absolute Gasteiger partial charge is 0.305 e. The first-order valence-electron chi connectivity index (χ1n) is 37.3. The molecule has 0 bridgehead atoms. The maximum absolute atomic E-state index is 14.6. The number of aliphatic imine (C=N–C) groups is 2. The van der Waals surface area contributed by atoms with Crippen molar-refractivity contribution in [3.05, 3.63) is 35.9 Å². The predicted molar refractivity (Wildman–Crippen MR) is 409 cm³/mol. The zero-order valence-electron chi connectivity index (χ0n) is 65.1. The fourth-order valence-corrected chi connectivity index (χ4v) is 11.1. The molecular weight excluding hydrogens is 1430 g/mol. The number of nitrogens with one attached hydrogen (secondary N) is 12. The Labute approximate surface area is 642 Å². The average Bonchev–Trinajstić information content (AvgIpc) is 0.866. The Bertz CT molecular complexity index is 3240. The Morgan fingerprint density at radius 3 is 1.30 bits per heavy atom. The molecule has 30 N–H and O–H groups in total. The highest BCUT2D eigenvalue weighted by Gasteiger charge is 2.38. The van der Waals surface area contributed by atoms with Crippen LogP contribution < -0.4 is 110 Å². The van der Waals surface area contributed by atoms with E-state index in [1.807, 2.05) is 6.92 Å². The van der Waals surface area contributed by atoms with Crippen LogP contribution >= 0.6 is 0 Å². The maximum atomic E-state index is 14.6. The van der Waals surface area contributed by atoms with Crippen LogP contribution in [0.4, 0.5) is 0 Å². The van der Waals surface area contributed by atoms with Gasteiger partial charge in [-0.15, -0.1) is 0 Å². The molecule has 0 aromatic heterocycles. The summed E-state index contributed by atoms with van der Waals surface area (Å²) in [5.41, 5.74) is 45.1. The van der Waals surface area contributed by atoms with Gasteiger partial charge < -0.3 is 120 Å². The summed E-state index contributed by atoms with van der Waals surface area (Å²) < 4.78 is 0. The van der Waals surface area contributed by atoms with Crippen LogP contribution in [-0.4, -0.2) is 216 Å². The van der Waals surface area contributed by atoms with Crippen LogP contribution in [0.2, 0.25) is 0 Å². The second kappa shape index (κ2) is 51.9. The van der Waals surface area contributed by atoms with E-state index in [1.165, 1.54) is 0 Å². The van der Waals surface area contributed by atoms with Crippen LogP contribution in [0.3, 0.4) is 0 Å². The summed E-state index contributed by atoms with van der Waals surface area (Å²) in [7, 11) is 0. The van der Waals surface area contributed by atoms with Crippen molar-refractivity contribution < 1.29 is 82.1 Å². The Hall–Kier alpha value is -10.3. The van der Waals surface area contributed by atoms with E-state index < -0.39 is 205 Å². The lowest BCUT2D eigenvalue weighted by Gasteiger charge is -2.29. The predicted octanol–water partition coefficient (Wildman–Crippen LogP) is -5.31. The van der Waals surface area contributed by atoms with E-state index in [0.29, 0.717) is 37.7 Å². The molecule has 14 amide bonds. The zero-order valence-corrected chi connectivity index (χ0v) is 65.1. The maximum Gasteiger partial charge on any atom is 0.305 e. The van der Waals surface area contributed by atoms with Crippen LogP contribution in [0.25, 0.3) is 0 Å². The zero-order chi connectivity index (χ0) is 83.5. The molecule has 0 spiro atoms. The van der Waals surface area contributed by atoms with Crippen molar-refractivity contribution in [2.45, 2.75) is 244 Å². The number of benzene rings is 1. The van der Waals surface area contributed by atoms with Crippen molar-refractivity contribution in [1.29, 1.82) is 0 Å². The van der Waals surface area contributed by atoms with Crippen molar-refractivity contribution in [1.82, 2.24) is 63.8 Å². The molecule has 1 rings (SSSR count). The van der Waals surface area contributed by atoms with Crippen molar-refractivity contribution in [2.75, 3.05) is 32.8 Å². The van der Waals surface area contributed by atoms with Gasteiger partial charge in [-0.05, 0) is 112 Å². The molecular formula is C71H124N22O17. The molecule has 0 fully saturated rings. The number of aliphatic carboxylic acids is 1. The van der Waals surface area contributed by atoms with Gasteiger partial charge in [0.15, 0.2) is 11.9 Å². The lowest BCUT2D eigenvalue weighted by molar-refractivity contribution is -0.141. The van der Waals surface area contributed by atoms with Crippen molar-refractivity contribution in [2.24, 2.45) is 85.4 Å². The highest BCUT2D eigenvalue weighted by molar-refractivity contribution is 6.00. The molecule has 14 atom stereocenters. The minimum Gasteiger partial charge on any atom is -0.481 e. The number of carbonyl (C=O) groups excluding carboxylic acids is 14. The molecule has 1 aromatic rings. The first-order valence-corrected chi connectivity index (χ1v) is 37.3. The van der Waals surface area contributed by atoms with Crippen molar-refractivity contribution in [3.63, 3.8) is 0 Å². The molecule has 0 aliphatic heterocycles. The van der Waals surface area contributed by atoms with E-state index in [4.69, 9.17) is 45.9 Å². The first-order chi connectivity index (χ1) is 51.7. The highest BCUT2D eigenvalue weighted by Crippen LogP contribution is 2.16. The van der Waals surface area contributed by atoms with Gasteiger partial charge in [-0.1, -0.05) is 112 Å². The number of aliphatic hydroxyl groups is 1. The number of unbranched alkanes of at least 4 members (excludes halogenated alkanes) is 1. The Kier molecular flexibility index (Phi) is 46.1. The lowest BCUT2D eigenvalue weighted by atomic mass is 9.96. The van der Waals surface area contributed by atoms with Crippen molar-refractivity contribution in [3.8, 4) is 0 Å². The summed E-state index contributed by atoms with van der Waals surface area (Å²) in [6.45, 7) is 16.1. The summed E-state index contributed by atoms with van der Waals surface area (Å²) in [4.78, 5) is 214. The number of carbonyl (C=O) groups is 15. The van der Waals surface area contributed by atoms with Gasteiger partial charge in [0, 0.05) is 25.9 Å². The third kappa shape index (κ3) is 39.2. The Morgan fingerprint density at radius 2 is 0.818 bits per heavy atom. The summed E-state index contributed by atoms with van der Waals surface area (Å²) in [5.74, 6) is -16.8. The number of primary amides is 2. The minimum absolute atomic E-state index is 0.0173. The van der Waals surface area contributed by atoms with Crippen LogP contribution in [0, 0.1) is 29.6 Å². The minimum atomic E-state index is -2.03. The summed E-state index contributed by atoms with van der Waals surface area (Å²) in [5, 5.41) is 50.9.